The maximum Gasteiger partial charge on any atom is 0.410 e. The molecule has 1 unspecified atom stereocenters. The number of anilines is 1. The topological polar surface area (TPSA) is 58.6 Å². The van der Waals surface area contributed by atoms with Crippen LogP contribution in [0.25, 0.3) is 0 Å². The summed E-state index contributed by atoms with van der Waals surface area (Å²) in [5.41, 5.74) is 0.442. The molecule has 1 aliphatic heterocycles. The molecule has 1 amide bonds. The van der Waals surface area contributed by atoms with Crippen LogP contribution in [0.5, 0.6) is 0 Å². The smallest absolute Gasteiger partial charge is 0.410 e. The van der Waals surface area contributed by atoms with Crippen molar-refractivity contribution in [3.63, 3.8) is 0 Å². The van der Waals surface area contributed by atoms with Gasteiger partial charge in [-0.15, -0.1) is 5.10 Å². The number of rotatable bonds is 2. The lowest BCUT2D eigenvalue weighted by molar-refractivity contribution is 0.0292. The van der Waals surface area contributed by atoms with Gasteiger partial charge in [-0.3, -0.25) is 0 Å². The molecule has 6 nitrogen and oxygen atoms in total. The van der Waals surface area contributed by atoms with Crippen molar-refractivity contribution in [2.75, 3.05) is 25.0 Å². The largest absolute Gasteiger partial charge is 0.444 e. The lowest BCUT2D eigenvalue weighted by Gasteiger charge is -2.27. The zero-order valence-corrected chi connectivity index (χ0v) is 13.5. The van der Waals surface area contributed by atoms with Gasteiger partial charge in [0.2, 0.25) is 0 Å². The Kier molecular flexibility index (Phi) is 4.34. The Bertz CT molecular complexity index is 495. The first-order valence-corrected chi connectivity index (χ1v) is 7.27. The van der Waals surface area contributed by atoms with Gasteiger partial charge in [0.15, 0.2) is 5.82 Å². The van der Waals surface area contributed by atoms with Crippen LogP contribution >= 0.6 is 0 Å². The van der Waals surface area contributed by atoms with Crippen molar-refractivity contribution in [3.05, 3.63) is 17.8 Å². The summed E-state index contributed by atoms with van der Waals surface area (Å²) < 4.78 is 5.41. The molecule has 1 saturated heterocycles. The van der Waals surface area contributed by atoms with E-state index >= 15 is 0 Å². The van der Waals surface area contributed by atoms with Gasteiger partial charge in [0.25, 0.3) is 0 Å². The van der Waals surface area contributed by atoms with Crippen LogP contribution in [0.1, 0.15) is 32.9 Å². The third-order valence-electron chi connectivity index (χ3n) is 3.51. The molecule has 0 spiro atoms. The van der Waals surface area contributed by atoms with E-state index < -0.39 is 5.60 Å². The monoisotopic (exact) mass is 292 g/mol. The van der Waals surface area contributed by atoms with Crippen molar-refractivity contribution in [2.24, 2.45) is 0 Å². The maximum atomic E-state index is 12.1. The first-order chi connectivity index (χ1) is 9.76. The minimum Gasteiger partial charge on any atom is -0.444 e. The van der Waals surface area contributed by atoms with Crippen LogP contribution < -0.4 is 4.90 Å². The van der Waals surface area contributed by atoms with Crippen molar-refractivity contribution in [1.29, 1.82) is 0 Å². The van der Waals surface area contributed by atoms with Crippen molar-refractivity contribution in [3.8, 4) is 0 Å². The molecule has 21 heavy (non-hydrogen) atoms. The number of nitrogens with zero attached hydrogens (tertiary/aromatic N) is 4. The van der Waals surface area contributed by atoms with Crippen molar-refractivity contribution >= 4 is 11.9 Å². The maximum absolute atomic E-state index is 12.1. The van der Waals surface area contributed by atoms with Gasteiger partial charge in [0.05, 0.1) is 5.69 Å². The van der Waals surface area contributed by atoms with Gasteiger partial charge < -0.3 is 14.5 Å². The Morgan fingerprint density at radius 1 is 1.38 bits per heavy atom. The molecular weight excluding hydrogens is 268 g/mol. The molecule has 0 aromatic carbocycles. The summed E-state index contributed by atoms with van der Waals surface area (Å²) in [5.74, 6) is 0.830. The molecule has 0 bridgehead atoms. The molecule has 6 heteroatoms. The minimum atomic E-state index is -0.455. The van der Waals surface area contributed by atoms with Gasteiger partial charge >= 0.3 is 6.09 Å². The molecule has 2 rings (SSSR count). The summed E-state index contributed by atoms with van der Waals surface area (Å²) in [6.07, 6.45) is 0.666. The van der Waals surface area contributed by atoms with E-state index in [1.54, 1.807) is 4.90 Å². The Morgan fingerprint density at radius 3 is 2.67 bits per heavy atom. The highest BCUT2D eigenvalue weighted by molar-refractivity contribution is 5.68. The van der Waals surface area contributed by atoms with Crippen LogP contribution in [-0.2, 0) is 4.74 Å². The number of hydrogen-bond donors (Lipinski definition) is 0. The third kappa shape index (κ3) is 4.06. The van der Waals surface area contributed by atoms with Gasteiger partial charge in [-0.25, -0.2) is 4.79 Å². The van der Waals surface area contributed by atoms with Gasteiger partial charge in [0, 0.05) is 26.2 Å². The number of ether oxygens (including phenoxy) is 1. The average Bonchev–Trinajstić information content (AvgIpc) is 2.86. The number of likely N-dealkylation sites (tertiary alicyclic amines) is 1. The Hall–Kier alpha value is -1.85. The van der Waals surface area contributed by atoms with E-state index in [0.29, 0.717) is 13.1 Å². The van der Waals surface area contributed by atoms with Crippen molar-refractivity contribution < 1.29 is 9.53 Å². The zero-order chi connectivity index (χ0) is 15.6. The highest BCUT2D eigenvalue weighted by atomic mass is 16.6. The Morgan fingerprint density at radius 2 is 2.10 bits per heavy atom. The normalized spacial score (nSPS) is 18.7. The number of carbonyl (C=O) groups is 1. The summed E-state index contributed by atoms with van der Waals surface area (Å²) >= 11 is 0. The number of aromatic nitrogens is 2. The van der Waals surface area contributed by atoms with Crippen LogP contribution in [0.3, 0.4) is 0 Å². The highest BCUT2D eigenvalue weighted by Gasteiger charge is 2.32. The molecule has 1 atom stereocenters. The first-order valence-electron chi connectivity index (χ1n) is 7.27. The predicted octanol–water partition coefficient (Wildman–Crippen LogP) is 2.23. The van der Waals surface area contributed by atoms with Crippen molar-refractivity contribution in [2.45, 2.75) is 45.8 Å². The second-order valence-corrected chi connectivity index (χ2v) is 6.51. The van der Waals surface area contributed by atoms with Gasteiger partial charge in [-0.1, -0.05) is 0 Å². The Labute approximate surface area is 126 Å². The fraction of sp³-hybridized carbons (Fsp3) is 0.667. The molecular formula is C15H24N4O2. The van der Waals surface area contributed by atoms with E-state index in [4.69, 9.17) is 4.74 Å². The Balaban J connectivity index is 1.95. The number of carbonyl (C=O) groups excluding carboxylic acids is 1. The predicted molar refractivity (Wildman–Crippen MR) is 81.4 cm³/mol. The van der Waals surface area contributed by atoms with Gasteiger partial charge in [-0.05, 0) is 46.2 Å². The molecule has 0 saturated carbocycles. The summed E-state index contributed by atoms with van der Waals surface area (Å²) in [6.45, 7) is 8.92. The molecule has 1 fully saturated rings. The van der Waals surface area contributed by atoms with E-state index in [9.17, 15) is 4.79 Å². The van der Waals surface area contributed by atoms with Crippen LogP contribution in [-0.4, -0.2) is 53.0 Å². The standard InChI is InChI=1S/C15H24N4O2/c1-11-6-7-13(17-16-11)18(5)12-8-9-19(10-12)14(20)21-15(2,3)4/h6-7,12H,8-10H2,1-5H3. The quantitative estimate of drug-likeness (QED) is 0.836. The minimum absolute atomic E-state index is 0.242. The molecule has 116 valence electrons. The molecule has 0 aliphatic carbocycles. The second-order valence-electron chi connectivity index (χ2n) is 6.51. The number of hydrogen-bond acceptors (Lipinski definition) is 5. The van der Waals surface area contributed by atoms with Crippen LogP contribution in [0.4, 0.5) is 10.6 Å². The third-order valence-corrected chi connectivity index (χ3v) is 3.51. The van der Waals surface area contributed by atoms with E-state index in [1.165, 1.54) is 0 Å². The number of amides is 1. The summed E-state index contributed by atoms with van der Waals surface area (Å²) in [5, 5.41) is 8.27. The van der Waals surface area contributed by atoms with E-state index in [1.807, 2.05) is 46.9 Å². The van der Waals surface area contributed by atoms with E-state index in [-0.39, 0.29) is 12.1 Å². The number of likely N-dealkylation sites (N-methyl/N-ethyl adjacent to an activating group) is 1. The van der Waals surface area contributed by atoms with Gasteiger partial charge in [-0.2, -0.15) is 5.10 Å². The van der Waals surface area contributed by atoms with Crippen molar-refractivity contribution in [1.82, 2.24) is 15.1 Å². The van der Waals surface area contributed by atoms with Crippen LogP contribution in [0.2, 0.25) is 0 Å². The molecule has 1 aromatic rings. The zero-order valence-electron chi connectivity index (χ0n) is 13.5. The molecule has 2 heterocycles. The highest BCUT2D eigenvalue weighted by Crippen LogP contribution is 2.21. The van der Waals surface area contributed by atoms with E-state index in [2.05, 4.69) is 15.1 Å². The summed E-state index contributed by atoms with van der Waals surface area (Å²) in [6, 6.07) is 4.15. The van der Waals surface area contributed by atoms with Crippen LogP contribution in [0.15, 0.2) is 12.1 Å². The molecule has 0 N–H and O–H groups in total. The van der Waals surface area contributed by atoms with E-state index in [0.717, 1.165) is 17.9 Å². The summed E-state index contributed by atoms with van der Waals surface area (Å²) in [7, 11) is 1.99. The number of aryl methyl sites for hydroxylation is 1. The SMILES string of the molecule is Cc1ccc(N(C)C2CCN(C(=O)OC(C)(C)C)C2)nn1. The molecule has 0 radical (unpaired) electrons. The fourth-order valence-electron chi connectivity index (χ4n) is 2.32. The molecule has 1 aromatic heterocycles. The first kappa shape index (κ1) is 15.5. The second kappa shape index (κ2) is 5.87. The lowest BCUT2D eigenvalue weighted by atomic mass is 10.2. The lowest BCUT2D eigenvalue weighted by Crippen LogP contribution is -2.39. The van der Waals surface area contributed by atoms with Crippen LogP contribution in [0, 0.1) is 6.92 Å². The molecule has 1 aliphatic rings. The fourth-order valence-corrected chi connectivity index (χ4v) is 2.32. The summed E-state index contributed by atoms with van der Waals surface area (Å²) in [4.78, 5) is 15.9. The van der Waals surface area contributed by atoms with Gasteiger partial charge in [0.1, 0.15) is 5.60 Å². The average molecular weight is 292 g/mol.